The van der Waals surface area contributed by atoms with Gasteiger partial charge in [-0.2, -0.15) is 0 Å². The van der Waals surface area contributed by atoms with Crippen LogP contribution in [0, 0.1) is 0 Å². The van der Waals surface area contributed by atoms with Crippen molar-refractivity contribution in [2.24, 2.45) is 0 Å². The largest absolute Gasteiger partial charge is 0.495 e. The average molecular weight is 232 g/mol. The highest BCUT2D eigenvalue weighted by atomic mass is 16.5. The van der Waals surface area contributed by atoms with Crippen LogP contribution in [-0.4, -0.2) is 18.6 Å². The second-order valence-electron chi connectivity index (χ2n) is 3.71. The summed E-state index contributed by atoms with van der Waals surface area (Å²) in [5.41, 5.74) is 2.15. The molecule has 0 aliphatic heterocycles. The van der Waals surface area contributed by atoms with Gasteiger partial charge in [0.25, 0.3) is 0 Å². The first-order valence-electron chi connectivity index (χ1n) is 5.59. The Morgan fingerprint density at radius 2 is 2.29 bits per heavy atom. The minimum absolute atomic E-state index is 0.0846. The fraction of sp³-hybridized carbons (Fsp3) is 0.308. The molecule has 90 valence electrons. The molecular formula is C13H16N2O2. The monoisotopic (exact) mass is 232 g/mol. The van der Waals surface area contributed by atoms with Gasteiger partial charge in [0.15, 0.2) is 0 Å². The summed E-state index contributed by atoms with van der Waals surface area (Å²) in [6.45, 7) is 2.94. The molecule has 2 aromatic rings. The molecule has 0 spiro atoms. The van der Waals surface area contributed by atoms with Crippen LogP contribution in [0.25, 0.3) is 0 Å². The van der Waals surface area contributed by atoms with Crippen LogP contribution >= 0.6 is 0 Å². The fourth-order valence-electron chi connectivity index (χ4n) is 1.78. The predicted molar refractivity (Wildman–Crippen MR) is 65.0 cm³/mol. The van der Waals surface area contributed by atoms with Gasteiger partial charge in [0.2, 0.25) is 0 Å². The van der Waals surface area contributed by atoms with E-state index < -0.39 is 0 Å². The fourth-order valence-corrected chi connectivity index (χ4v) is 1.78. The lowest BCUT2D eigenvalue weighted by molar-refractivity contribution is 0.411. The third kappa shape index (κ3) is 2.65. The van der Waals surface area contributed by atoms with Gasteiger partial charge in [-0.1, -0.05) is 6.92 Å². The Labute approximate surface area is 101 Å². The van der Waals surface area contributed by atoms with Crippen molar-refractivity contribution in [1.82, 2.24) is 10.3 Å². The molecule has 1 atom stereocenters. The van der Waals surface area contributed by atoms with E-state index in [1.807, 2.05) is 18.3 Å². The first kappa shape index (κ1) is 11.7. The summed E-state index contributed by atoms with van der Waals surface area (Å²) in [5.74, 6) is 0.758. The van der Waals surface area contributed by atoms with E-state index in [0.717, 1.165) is 23.4 Å². The second kappa shape index (κ2) is 5.50. The molecular weight excluding hydrogens is 216 g/mol. The van der Waals surface area contributed by atoms with Crippen molar-refractivity contribution in [3.05, 3.63) is 48.2 Å². The maximum atomic E-state index is 5.19. The zero-order valence-electron chi connectivity index (χ0n) is 10.0. The summed E-state index contributed by atoms with van der Waals surface area (Å²) >= 11 is 0. The molecule has 0 saturated heterocycles. The standard InChI is InChI=1S/C13H16N2O2/c1-3-15-13(10-4-5-17-9-10)11-6-12(16-2)8-14-7-11/h4-9,13,15H,3H2,1-2H3. The lowest BCUT2D eigenvalue weighted by atomic mass is 10.0. The third-order valence-corrected chi connectivity index (χ3v) is 2.59. The number of rotatable bonds is 5. The summed E-state index contributed by atoms with van der Waals surface area (Å²) in [4.78, 5) is 4.17. The first-order chi connectivity index (χ1) is 8.35. The summed E-state index contributed by atoms with van der Waals surface area (Å²) in [6, 6.07) is 4.02. The smallest absolute Gasteiger partial charge is 0.137 e. The van der Waals surface area contributed by atoms with Crippen molar-refractivity contribution in [3.8, 4) is 5.75 Å². The number of nitrogens with one attached hydrogen (secondary N) is 1. The van der Waals surface area contributed by atoms with Gasteiger partial charge in [-0.05, 0) is 24.2 Å². The minimum atomic E-state index is 0.0846. The van der Waals surface area contributed by atoms with Crippen LogP contribution in [0.5, 0.6) is 5.75 Å². The molecule has 17 heavy (non-hydrogen) atoms. The van der Waals surface area contributed by atoms with Gasteiger partial charge in [0.1, 0.15) is 5.75 Å². The maximum Gasteiger partial charge on any atom is 0.137 e. The molecule has 0 aliphatic carbocycles. The molecule has 1 N–H and O–H groups in total. The van der Waals surface area contributed by atoms with E-state index >= 15 is 0 Å². The van der Waals surface area contributed by atoms with E-state index in [9.17, 15) is 0 Å². The maximum absolute atomic E-state index is 5.19. The zero-order valence-corrected chi connectivity index (χ0v) is 10.0. The van der Waals surface area contributed by atoms with E-state index in [1.54, 1.807) is 25.8 Å². The van der Waals surface area contributed by atoms with E-state index in [0.29, 0.717) is 0 Å². The van der Waals surface area contributed by atoms with Gasteiger partial charge in [-0.3, -0.25) is 4.98 Å². The van der Waals surface area contributed by atoms with E-state index in [2.05, 4.69) is 17.2 Å². The van der Waals surface area contributed by atoms with Gasteiger partial charge in [0.05, 0.1) is 31.9 Å². The lowest BCUT2D eigenvalue weighted by Gasteiger charge is -2.16. The van der Waals surface area contributed by atoms with Crippen molar-refractivity contribution < 1.29 is 9.15 Å². The number of methoxy groups -OCH3 is 1. The average Bonchev–Trinajstić information content (AvgIpc) is 2.89. The summed E-state index contributed by atoms with van der Waals surface area (Å²) in [6.07, 6.45) is 6.95. The third-order valence-electron chi connectivity index (χ3n) is 2.59. The molecule has 1 unspecified atom stereocenters. The predicted octanol–water partition coefficient (Wildman–Crippen LogP) is 2.38. The van der Waals surface area contributed by atoms with E-state index in [4.69, 9.17) is 9.15 Å². The molecule has 0 bridgehead atoms. The van der Waals surface area contributed by atoms with Crippen molar-refractivity contribution in [3.63, 3.8) is 0 Å². The number of aromatic nitrogens is 1. The second-order valence-corrected chi connectivity index (χ2v) is 3.71. The number of furan rings is 1. The number of nitrogens with zero attached hydrogens (tertiary/aromatic N) is 1. The Kier molecular flexibility index (Phi) is 3.77. The molecule has 2 heterocycles. The van der Waals surface area contributed by atoms with Gasteiger partial charge >= 0.3 is 0 Å². The van der Waals surface area contributed by atoms with E-state index in [-0.39, 0.29) is 6.04 Å². The Balaban J connectivity index is 2.32. The Morgan fingerprint density at radius 1 is 1.41 bits per heavy atom. The quantitative estimate of drug-likeness (QED) is 0.859. The van der Waals surface area contributed by atoms with Gasteiger partial charge in [-0.25, -0.2) is 0 Å². The molecule has 0 fully saturated rings. The van der Waals surface area contributed by atoms with Crippen LogP contribution < -0.4 is 10.1 Å². The summed E-state index contributed by atoms with van der Waals surface area (Å²) in [7, 11) is 1.64. The number of hydrogen-bond donors (Lipinski definition) is 1. The van der Waals surface area contributed by atoms with Gasteiger partial charge < -0.3 is 14.5 Å². The van der Waals surface area contributed by atoms with Crippen LogP contribution in [0.4, 0.5) is 0 Å². The Morgan fingerprint density at radius 3 is 2.94 bits per heavy atom. The van der Waals surface area contributed by atoms with Crippen molar-refractivity contribution in [2.45, 2.75) is 13.0 Å². The van der Waals surface area contributed by atoms with Crippen molar-refractivity contribution >= 4 is 0 Å². The summed E-state index contributed by atoms with van der Waals surface area (Å²) in [5, 5.41) is 3.40. The van der Waals surface area contributed by atoms with Crippen LogP contribution in [-0.2, 0) is 0 Å². The topological polar surface area (TPSA) is 47.3 Å². The van der Waals surface area contributed by atoms with Crippen LogP contribution in [0.2, 0.25) is 0 Å². The molecule has 4 heteroatoms. The molecule has 0 radical (unpaired) electrons. The van der Waals surface area contributed by atoms with E-state index in [1.165, 1.54) is 0 Å². The van der Waals surface area contributed by atoms with Crippen molar-refractivity contribution in [2.75, 3.05) is 13.7 Å². The van der Waals surface area contributed by atoms with Crippen LogP contribution in [0.3, 0.4) is 0 Å². The van der Waals surface area contributed by atoms with Crippen LogP contribution in [0.15, 0.2) is 41.5 Å². The van der Waals surface area contributed by atoms with Crippen molar-refractivity contribution in [1.29, 1.82) is 0 Å². The number of ether oxygens (including phenoxy) is 1. The Hall–Kier alpha value is -1.81. The first-order valence-corrected chi connectivity index (χ1v) is 5.59. The Bertz CT molecular complexity index is 454. The normalized spacial score (nSPS) is 12.4. The lowest BCUT2D eigenvalue weighted by Crippen LogP contribution is -2.21. The highest BCUT2D eigenvalue weighted by Crippen LogP contribution is 2.24. The molecule has 4 nitrogen and oxygen atoms in total. The molecule has 0 amide bonds. The highest BCUT2D eigenvalue weighted by Gasteiger charge is 2.14. The molecule has 2 rings (SSSR count). The zero-order chi connectivity index (χ0) is 12.1. The SMILES string of the molecule is CCNC(c1ccoc1)c1cncc(OC)c1. The minimum Gasteiger partial charge on any atom is -0.495 e. The molecule has 2 aromatic heterocycles. The molecule has 0 aliphatic rings. The van der Waals surface area contributed by atoms with Gasteiger partial charge in [-0.15, -0.1) is 0 Å². The van der Waals surface area contributed by atoms with Crippen LogP contribution in [0.1, 0.15) is 24.1 Å². The highest BCUT2D eigenvalue weighted by molar-refractivity contribution is 5.32. The summed E-state index contributed by atoms with van der Waals surface area (Å²) < 4.78 is 10.3. The molecule has 0 aromatic carbocycles. The van der Waals surface area contributed by atoms with Gasteiger partial charge in [0, 0.05) is 11.8 Å². The number of pyridine rings is 1. The number of hydrogen-bond acceptors (Lipinski definition) is 4. The molecule has 0 saturated carbocycles.